The van der Waals surface area contributed by atoms with Crippen molar-refractivity contribution in [2.24, 2.45) is 5.92 Å². The molecule has 0 aromatic rings. The van der Waals surface area contributed by atoms with Crippen LogP contribution in [-0.4, -0.2) is 0 Å². The smallest absolute Gasteiger partial charge is 0.0471 e. The van der Waals surface area contributed by atoms with E-state index < -0.39 is 0 Å². The van der Waals surface area contributed by atoms with Crippen LogP contribution in [0.5, 0.6) is 0 Å². The lowest BCUT2D eigenvalue weighted by molar-refractivity contribution is 0.593. The van der Waals surface area contributed by atoms with E-state index in [1.54, 1.807) is 0 Å². The third-order valence-electron chi connectivity index (χ3n) is 0.781. The third-order valence-corrected chi connectivity index (χ3v) is 0.781. The van der Waals surface area contributed by atoms with Gasteiger partial charge in [-0.2, -0.15) is 0 Å². The van der Waals surface area contributed by atoms with Crippen LogP contribution >= 0.6 is 0 Å². The molecule has 0 bridgehead atoms. The molecule has 7 heavy (non-hydrogen) atoms. The van der Waals surface area contributed by atoms with Gasteiger partial charge in [0, 0.05) is 0 Å². The Hall–Kier alpha value is -0.0400. The Kier molecular flexibility index (Phi) is 8.56. The van der Waals surface area contributed by atoms with Gasteiger partial charge in [0.1, 0.15) is 0 Å². The van der Waals surface area contributed by atoms with Crippen molar-refractivity contribution in [3.8, 4) is 0 Å². The summed E-state index contributed by atoms with van der Waals surface area (Å²) in [5, 5.41) is 0. The molecule has 0 aromatic heterocycles. The third kappa shape index (κ3) is 10.7. The van der Waals surface area contributed by atoms with Crippen molar-refractivity contribution < 1.29 is 0 Å². The zero-order chi connectivity index (χ0) is 4.99. The second kappa shape index (κ2) is 5.96. The highest BCUT2D eigenvalue weighted by atomic mass is 14.0. The standard InChI is InChI=1S/C6H13.H3N/c1-4-5-6(2)3;/h6H,1,4-5H2,2-3H3;1H3. The Labute approximate surface area is 46.7 Å². The maximum atomic E-state index is 3.73. The molecule has 0 spiro atoms. The van der Waals surface area contributed by atoms with Crippen molar-refractivity contribution in [3.05, 3.63) is 6.92 Å². The molecule has 0 aliphatic carbocycles. The van der Waals surface area contributed by atoms with Gasteiger partial charge in [-0.05, 0) is 5.92 Å². The molecule has 0 unspecified atom stereocenters. The van der Waals surface area contributed by atoms with E-state index >= 15 is 0 Å². The molecule has 0 atom stereocenters. The average Bonchev–Trinajstić information content (AvgIpc) is 1.35. The van der Waals surface area contributed by atoms with Crippen LogP contribution in [0.25, 0.3) is 0 Å². The summed E-state index contributed by atoms with van der Waals surface area (Å²) < 4.78 is 0. The van der Waals surface area contributed by atoms with E-state index in [1.165, 1.54) is 6.42 Å². The molecule has 0 aliphatic rings. The summed E-state index contributed by atoms with van der Waals surface area (Å²) in [5.74, 6) is 0.836. The zero-order valence-electron chi connectivity index (χ0n) is 5.41. The molecule has 1 heteroatoms. The Balaban J connectivity index is 0. The van der Waals surface area contributed by atoms with Crippen molar-refractivity contribution in [3.63, 3.8) is 0 Å². The number of hydrogen-bond acceptors (Lipinski definition) is 1. The van der Waals surface area contributed by atoms with Crippen LogP contribution in [-0.2, 0) is 0 Å². The minimum absolute atomic E-state index is 0. The van der Waals surface area contributed by atoms with Gasteiger partial charge in [0.05, 0.1) is 0 Å². The van der Waals surface area contributed by atoms with E-state index in [-0.39, 0.29) is 6.15 Å². The molecule has 0 saturated heterocycles. The van der Waals surface area contributed by atoms with Crippen molar-refractivity contribution in [2.75, 3.05) is 0 Å². The predicted molar refractivity (Wildman–Crippen MR) is 34.5 cm³/mol. The van der Waals surface area contributed by atoms with Gasteiger partial charge in [0.25, 0.3) is 0 Å². The summed E-state index contributed by atoms with van der Waals surface area (Å²) in [6.07, 6.45) is 2.34. The molecule has 0 amide bonds. The van der Waals surface area contributed by atoms with E-state index in [4.69, 9.17) is 0 Å². The van der Waals surface area contributed by atoms with E-state index in [9.17, 15) is 0 Å². The molecule has 0 fully saturated rings. The van der Waals surface area contributed by atoms with Crippen LogP contribution in [0.15, 0.2) is 0 Å². The fourth-order valence-electron chi connectivity index (χ4n) is 0.408. The Bertz CT molecular complexity index is 25.4. The average molecular weight is 102 g/mol. The molecule has 0 rings (SSSR count). The van der Waals surface area contributed by atoms with Gasteiger partial charge < -0.3 is 6.15 Å². The van der Waals surface area contributed by atoms with Gasteiger partial charge in [0.2, 0.25) is 0 Å². The number of rotatable bonds is 2. The van der Waals surface area contributed by atoms with Crippen molar-refractivity contribution in [2.45, 2.75) is 26.7 Å². The van der Waals surface area contributed by atoms with Crippen molar-refractivity contribution >= 4 is 0 Å². The maximum absolute atomic E-state index is 3.73. The van der Waals surface area contributed by atoms with Crippen LogP contribution < -0.4 is 6.15 Å². The minimum atomic E-state index is 0. The van der Waals surface area contributed by atoms with Crippen LogP contribution in [0.2, 0.25) is 0 Å². The first kappa shape index (κ1) is 10.0. The molecule has 45 valence electrons. The summed E-state index contributed by atoms with van der Waals surface area (Å²) in [6, 6.07) is 0. The zero-order valence-corrected chi connectivity index (χ0v) is 5.41. The normalized spacial score (nSPS) is 8.57. The molecule has 0 saturated carbocycles. The Morgan fingerprint density at radius 3 is 1.86 bits per heavy atom. The van der Waals surface area contributed by atoms with Gasteiger partial charge in [-0.15, -0.1) is 0 Å². The van der Waals surface area contributed by atoms with E-state index in [2.05, 4.69) is 20.8 Å². The van der Waals surface area contributed by atoms with Gasteiger partial charge in [-0.25, -0.2) is 0 Å². The molecule has 1 radical (unpaired) electrons. The van der Waals surface area contributed by atoms with Gasteiger partial charge in [0.15, 0.2) is 0 Å². The molecular formula is C6H16N. The van der Waals surface area contributed by atoms with E-state index in [0.717, 1.165) is 12.3 Å². The quantitative estimate of drug-likeness (QED) is 0.571. The van der Waals surface area contributed by atoms with Crippen LogP contribution in [0.4, 0.5) is 0 Å². The van der Waals surface area contributed by atoms with Gasteiger partial charge in [-0.3, -0.25) is 0 Å². The highest BCUT2D eigenvalue weighted by molar-refractivity contribution is 4.44. The lowest BCUT2D eigenvalue weighted by atomic mass is 10.1. The Morgan fingerprint density at radius 2 is 1.86 bits per heavy atom. The first-order valence-electron chi connectivity index (χ1n) is 2.56. The molecule has 3 N–H and O–H groups in total. The molecular weight excluding hydrogens is 86.1 g/mol. The first-order valence-corrected chi connectivity index (χ1v) is 2.56. The Morgan fingerprint density at radius 1 is 1.43 bits per heavy atom. The monoisotopic (exact) mass is 102 g/mol. The van der Waals surface area contributed by atoms with Crippen LogP contribution in [0.3, 0.4) is 0 Å². The van der Waals surface area contributed by atoms with Gasteiger partial charge >= 0.3 is 0 Å². The highest BCUT2D eigenvalue weighted by Crippen LogP contribution is 2.00. The topological polar surface area (TPSA) is 35.0 Å². The number of hydrogen-bond donors (Lipinski definition) is 1. The van der Waals surface area contributed by atoms with Crippen molar-refractivity contribution in [1.29, 1.82) is 0 Å². The fourth-order valence-corrected chi connectivity index (χ4v) is 0.408. The van der Waals surface area contributed by atoms with E-state index in [0.29, 0.717) is 0 Å². The largest absolute Gasteiger partial charge is 0.344 e. The van der Waals surface area contributed by atoms with Crippen LogP contribution in [0, 0.1) is 12.8 Å². The second-order valence-corrected chi connectivity index (χ2v) is 2.04. The molecule has 0 aromatic carbocycles. The fraction of sp³-hybridized carbons (Fsp3) is 0.833. The first-order chi connectivity index (χ1) is 2.77. The van der Waals surface area contributed by atoms with E-state index in [1.807, 2.05) is 0 Å². The lowest BCUT2D eigenvalue weighted by Gasteiger charge is -1.95. The summed E-state index contributed by atoms with van der Waals surface area (Å²) in [6.45, 7) is 8.15. The summed E-state index contributed by atoms with van der Waals surface area (Å²) in [4.78, 5) is 0. The summed E-state index contributed by atoms with van der Waals surface area (Å²) in [5.41, 5.74) is 0. The minimum Gasteiger partial charge on any atom is -0.344 e. The van der Waals surface area contributed by atoms with Gasteiger partial charge in [-0.1, -0.05) is 33.6 Å². The lowest BCUT2D eigenvalue weighted by Crippen LogP contribution is -1.81. The SMILES string of the molecule is N.[CH2]CCC(C)C. The van der Waals surface area contributed by atoms with Crippen molar-refractivity contribution in [1.82, 2.24) is 6.15 Å². The summed E-state index contributed by atoms with van der Waals surface area (Å²) in [7, 11) is 0. The highest BCUT2D eigenvalue weighted by Gasteiger charge is 1.85. The molecule has 1 nitrogen and oxygen atoms in total. The van der Waals surface area contributed by atoms with Crippen LogP contribution in [0.1, 0.15) is 26.7 Å². The maximum Gasteiger partial charge on any atom is -0.0471 e. The summed E-state index contributed by atoms with van der Waals surface area (Å²) >= 11 is 0. The molecule has 0 aliphatic heterocycles. The second-order valence-electron chi connectivity index (χ2n) is 2.04. The molecule has 0 heterocycles. The predicted octanol–water partition coefficient (Wildman–Crippen LogP) is 2.42.